The molecular formula is C20H22ClFN2O2. The number of fused-ring (bicyclic) bond motifs is 1. The summed E-state index contributed by atoms with van der Waals surface area (Å²) in [4.78, 5) is 4.66. The van der Waals surface area contributed by atoms with Crippen LogP contribution in [0.15, 0.2) is 36.4 Å². The molecular weight excluding hydrogens is 355 g/mol. The van der Waals surface area contributed by atoms with Gasteiger partial charge in [-0.2, -0.15) is 0 Å². The Bertz CT molecular complexity index is 758. The Morgan fingerprint density at radius 2 is 1.58 bits per heavy atom. The lowest BCUT2D eigenvalue weighted by molar-refractivity contribution is 0.120. The number of hydrogen-bond donors (Lipinski definition) is 0. The van der Waals surface area contributed by atoms with Crippen molar-refractivity contribution in [2.24, 2.45) is 0 Å². The molecule has 1 saturated heterocycles. The molecule has 0 aliphatic carbocycles. The summed E-state index contributed by atoms with van der Waals surface area (Å²) in [5, 5.41) is 0.503. The number of nitrogens with zero attached hydrogens (tertiary/aromatic N) is 2. The van der Waals surface area contributed by atoms with Gasteiger partial charge in [-0.15, -0.1) is 0 Å². The average Bonchev–Trinajstić information content (AvgIpc) is 2.66. The van der Waals surface area contributed by atoms with E-state index in [4.69, 9.17) is 21.1 Å². The zero-order valence-corrected chi connectivity index (χ0v) is 15.3. The van der Waals surface area contributed by atoms with Crippen molar-refractivity contribution in [3.63, 3.8) is 0 Å². The fraction of sp³-hybridized carbons (Fsp3) is 0.400. The summed E-state index contributed by atoms with van der Waals surface area (Å²) in [7, 11) is 0. The van der Waals surface area contributed by atoms with Crippen LogP contribution in [0.4, 0.5) is 4.39 Å². The molecule has 0 unspecified atom stereocenters. The highest BCUT2D eigenvalue weighted by Gasteiger charge is 2.20. The number of halogens is 2. The molecule has 0 saturated carbocycles. The molecule has 4 rings (SSSR count). The molecule has 0 radical (unpaired) electrons. The maximum absolute atomic E-state index is 14.0. The van der Waals surface area contributed by atoms with Gasteiger partial charge in [-0.3, -0.25) is 9.80 Å². The molecule has 4 nitrogen and oxygen atoms in total. The van der Waals surface area contributed by atoms with E-state index in [2.05, 4.69) is 21.9 Å². The van der Waals surface area contributed by atoms with Crippen LogP contribution in [0.3, 0.4) is 0 Å². The lowest BCUT2D eigenvalue weighted by atomic mass is 10.1. The number of ether oxygens (including phenoxy) is 2. The number of benzene rings is 2. The van der Waals surface area contributed by atoms with E-state index in [0.29, 0.717) is 30.3 Å². The van der Waals surface area contributed by atoms with Gasteiger partial charge in [-0.05, 0) is 29.8 Å². The molecule has 0 N–H and O–H groups in total. The summed E-state index contributed by atoms with van der Waals surface area (Å²) in [6, 6.07) is 11.0. The largest absolute Gasteiger partial charge is 0.486 e. The summed E-state index contributed by atoms with van der Waals surface area (Å²) in [6.07, 6.45) is 0. The third-order valence-electron chi connectivity index (χ3n) is 4.92. The zero-order valence-electron chi connectivity index (χ0n) is 14.6. The fourth-order valence-corrected chi connectivity index (χ4v) is 3.68. The van der Waals surface area contributed by atoms with E-state index in [1.165, 1.54) is 11.6 Å². The van der Waals surface area contributed by atoms with Crippen molar-refractivity contribution in [3.8, 4) is 11.5 Å². The maximum Gasteiger partial charge on any atom is 0.161 e. The van der Waals surface area contributed by atoms with Crippen molar-refractivity contribution in [3.05, 3.63) is 58.4 Å². The molecule has 2 aliphatic heterocycles. The smallest absolute Gasteiger partial charge is 0.161 e. The molecule has 0 amide bonds. The summed E-state index contributed by atoms with van der Waals surface area (Å²) in [6.45, 7) is 6.34. The highest BCUT2D eigenvalue weighted by Crippen LogP contribution is 2.31. The predicted octanol–water partition coefficient (Wildman–Crippen LogP) is 3.57. The van der Waals surface area contributed by atoms with Gasteiger partial charge in [0.15, 0.2) is 11.5 Å². The van der Waals surface area contributed by atoms with Gasteiger partial charge in [-0.25, -0.2) is 4.39 Å². The Morgan fingerprint density at radius 1 is 0.885 bits per heavy atom. The minimum absolute atomic E-state index is 0.226. The number of rotatable bonds is 4. The summed E-state index contributed by atoms with van der Waals surface area (Å²) >= 11 is 6.14. The Kier molecular flexibility index (Phi) is 5.29. The van der Waals surface area contributed by atoms with E-state index in [9.17, 15) is 4.39 Å². The Labute approximate surface area is 158 Å². The Balaban J connectivity index is 1.32. The molecule has 0 bridgehead atoms. The van der Waals surface area contributed by atoms with Gasteiger partial charge in [0.1, 0.15) is 19.0 Å². The minimum Gasteiger partial charge on any atom is -0.486 e. The average molecular weight is 377 g/mol. The maximum atomic E-state index is 14.0. The standard InChI is InChI=1S/C20H22ClFN2O2/c21-17-2-1-3-18(22)16(17)14-24-8-6-23(7-9-24)13-15-4-5-19-20(12-15)26-11-10-25-19/h1-5,12H,6-11,13-14H2. The van der Waals surface area contributed by atoms with Gasteiger partial charge in [0, 0.05) is 49.9 Å². The summed E-state index contributed by atoms with van der Waals surface area (Å²) in [5.74, 6) is 1.43. The van der Waals surface area contributed by atoms with Gasteiger partial charge >= 0.3 is 0 Å². The van der Waals surface area contributed by atoms with E-state index in [-0.39, 0.29) is 5.82 Å². The lowest BCUT2D eigenvalue weighted by Crippen LogP contribution is -2.45. The Hall–Kier alpha value is -1.82. The van der Waals surface area contributed by atoms with E-state index in [1.807, 2.05) is 6.07 Å². The molecule has 138 valence electrons. The second-order valence-corrected chi connectivity index (χ2v) is 7.14. The van der Waals surface area contributed by atoms with E-state index >= 15 is 0 Å². The van der Waals surface area contributed by atoms with Gasteiger partial charge in [0.2, 0.25) is 0 Å². The zero-order chi connectivity index (χ0) is 17.9. The molecule has 0 aromatic heterocycles. The van der Waals surface area contributed by atoms with Gasteiger partial charge < -0.3 is 9.47 Å². The first-order valence-corrected chi connectivity index (χ1v) is 9.33. The highest BCUT2D eigenvalue weighted by atomic mass is 35.5. The van der Waals surface area contributed by atoms with Crippen LogP contribution in [0, 0.1) is 5.82 Å². The first kappa shape index (κ1) is 17.6. The minimum atomic E-state index is -0.226. The second kappa shape index (κ2) is 7.82. The molecule has 2 aromatic carbocycles. The van der Waals surface area contributed by atoms with Gasteiger partial charge in [0.25, 0.3) is 0 Å². The first-order valence-electron chi connectivity index (χ1n) is 8.95. The molecule has 2 aromatic rings. The topological polar surface area (TPSA) is 24.9 Å². The lowest BCUT2D eigenvalue weighted by Gasteiger charge is -2.35. The van der Waals surface area contributed by atoms with E-state index in [0.717, 1.165) is 44.2 Å². The second-order valence-electron chi connectivity index (χ2n) is 6.73. The number of hydrogen-bond acceptors (Lipinski definition) is 4. The molecule has 26 heavy (non-hydrogen) atoms. The van der Waals surface area contributed by atoms with E-state index < -0.39 is 0 Å². The van der Waals surface area contributed by atoms with Crippen molar-refractivity contribution in [1.82, 2.24) is 9.80 Å². The fourth-order valence-electron chi connectivity index (χ4n) is 3.46. The monoisotopic (exact) mass is 376 g/mol. The molecule has 0 spiro atoms. The van der Waals surface area contributed by atoms with Crippen LogP contribution in [0.2, 0.25) is 5.02 Å². The van der Waals surface area contributed by atoms with Crippen molar-refractivity contribution in [2.75, 3.05) is 39.4 Å². The van der Waals surface area contributed by atoms with Crippen LogP contribution in [0.25, 0.3) is 0 Å². The van der Waals surface area contributed by atoms with Crippen LogP contribution < -0.4 is 9.47 Å². The van der Waals surface area contributed by atoms with Gasteiger partial charge in [0.05, 0.1) is 0 Å². The Morgan fingerprint density at radius 3 is 2.31 bits per heavy atom. The van der Waals surface area contributed by atoms with Gasteiger partial charge in [-0.1, -0.05) is 23.7 Å². The summed E-state index contributed by atoms with van der Waals surface area (Å²) in [5.41, 5.74) is 1.81. The van der Waals surface area contributed by atoms with E-state index in [1.54, 1.807) is 12.1 Å². The number of piperazine rings is 1. The van der Waals surface area contributed by atoms with Crippen LogP contribution >= 0.6 is 11.6 Å². The summed E-state index contributed by atoms with van der Waals surface area (Å²) < 4.78 is 25.2. The molecule has 2 heterocycles. The predicted molar refractivity (Wildman–Crippen MR) is 99.4 cm³/mol. The molecule has 2 aliphatic rings. The van der Waals surface area contributed by atoms with Crippen LogP contribution in [-0.2, 0) is 13.1 Å². The normalized spacial score (nSPS) is 18.1. The SMILES string of the molecule is Fc1cccc(Cl)c1CN1CCN(Cc2ccc3c(c2)OCCO3)CC1. The molecule has 6 heteroatoms. The van der Waals surface area contributed by atoms with Crippen LogP contribution in [0.1, 0.15) is 11.1 Å². The van der Waals surface area contributed by atoms with Crippen molar-refractivity contribution in [1.29, 1.82) is 0 Å². The molecule has 0 atom stereocenters. The van der Waals surface area contributed by atoms with Crippen molar-refractivity contribution >= 4 is 11.6 Å². The molecule has 1 fully saturated rings. The van der Waals surface area contributed by atoms with Crippen LogP contribution in [-0.4, -0.2) is 49.2 Å². The first-order chi connectivity index (χ1) is 12.7. The third-order valence-corrected chi connectivity index (χ3v) is 5.28. The quantitative estimate of drug-likeness (QED) is 0.814. The third kappa shape index (κ3) is 3.95. The highest BCUT2D eigenvalue weighted by molar-refractivity contribution is 6.31. The van der Waals surface area contributed by atoms with Crippen LogP contribution in [0.5, 0.6) is 11.5 Å². The van der Waals surface area contributed by atoms with Crippen molar-refractivity contribution < 1.29 is 13.9 Å². The van der Waals surface area contributed by atoms with Crippen molar-refractivity contribution in [2.45, 2.75) is 13.1 Å².